The topological polar surface area (TPSA) is 46.2 Å². The van der Waals surface area contributed by atoms with E-state index in [9.17, 15) is 9.59 Å². The van der Waals surface area contributed by atoms with Crippen molar-refractivity contribution in [3.63, 3.8) is 0 Å². The minimum atomic E-state index is -0.271. The SMILES string of the molecule is CC=C1C(=O)NC(=O)[N+]1(C)CC. The van der Waals surface area contributed by atoms with Crippen LogP contribution in [0.15, 0.2) is 11.8 Å². The molecule has 66 valence electrons. The van der Waals surface area contributed by atoms with Gasteiger partial charge in [0.15, 0.2) is 0 Å². The minimum absolute atomic E-state index is 0.0648. The highest BCUT2D eigenvalue weighted by atomic mass is 16.2. The number of hydrogen-bond donors (Lipinski definition) is 1. The molecule has 1 aliphatic heterocycles. The average molecular weight is 169 g/mol. The van der Waals surface area contributed by atoms with Crippen LogP contribution >= 0.6 is 0 Å². The van der Waals surface area contributed by atoms with Gasteiger partial charge >= 0.3 is 11.9 Å². The summed E-state index contributed by atoms with van der Waals surface area (Å²) in [5.74, 6) is -0.271. The molecule has 0 aliphatic carbocycles. The Morgan fingerprint density at radius 3 is 2.42 bits per heavy atom. The summed E-state index contributed by atoms with van der Waals surface area (Å²) in [6, 6.07) is -0.240. The zero-order chi connectivity index (χ0) is 9.35. The van der Waals surface area contributed by atoms with Crippen LogP contribution in [-0.4, -0.2) is 30.0 Å². The zero-order valence-electron chi connectivity index (χ0n) is 7.55. The quantitative estimate of drug-likeness (QED) is 0.355. The summed E-state index contributed by atoms with van der Waals surface area (Å²) in [7, 11) is 1.73. The van der Waals surface area contributed by atoms with Gasteiger partial charge in [0, 0.05) is 0 Å². The van der Waals surface area contributed by atoms with Crippen molar-refractivity contribution in [3.05, 3.63) is 11.8 Å². The number of nitrogens with one attached hydrogen (secondary N) is 1. The lowest BCUT2D eigenvalue weighted by Crippen LogP contribution is -2.45. The first kappa shape index (κ1) is 8.93. The number of carbonyl (C=O) groups excluding carboxylic acids is 2. The molecule has 3 amide bonds. The van der Waals surface area contributed by atoms with Crippen LogP contribution in [0.2, 0.25) is 0 Å². The van der Waals surface area contributed by atoms with Crippen LogP contribution < -0.4 is 5.32 Å². The van der Waals surface area contributed by atoms with Gasteiger partial charge in [0.1, 0.15) is 0 Å². The lowest BCUT2D eigenvalue weighted by molar-refractivity contribution is -0.778. The summed E-state index contributed by atoms with van der Waals surface area (Å²) in [6.45, 7) is 4.23. The number of likely N-dealkylation sites (N-methyl/N-ethyl adjacent to an activating group) is 1. The Morgan fingerprint density at radius 2 is 2.08 bits per heavy atom. The van der Waals surface area contributed by atoms with E-state index in [0.29, 0.717) is 12.2 Å². The Kier molecular flexibility index (Phi) is 2.02. The van der Waals surface area contributed by atoms with Crippen molar-refractivity contribution >= 4 is 11.9 Å². The molecular formula is C8H13N2O2+. The maximum Gasteiger partial charge on any atom is 0.428 e. The van der Waals surface area contributed by atoms with Gasteiger partial charge in [-0.05, 0) is 19.9 Å². The highest BCUT2D eigenvalue weighted by Gasteiger charge is 2.46. The van der Waals surface area contributed by atoms with Gasteiger partial charge in [0.2, 0.25) is 5.70 Å². The van der Waals surface area contributed by atoms with Crippen molar-refractivity contribution in [1.29, 1.82) is 0 Å². The van der Waals surface area contributed by atoms with Crippen molar-refractivity contribution < 1.29 is 14.1 Å². The molecule has 0 radical (unpaired) electrons. The summed E-state index contributed by atoms with van der Waals surface area (Å²) < 4.78 is 0.0648. The van der Waals surface area contributed by atoms with Gasteiger partial charge in [-0.3, -0.25) is 4.79 Å². The van der Waals surface area contributed by atoms with Crippen LogP contribution in [0, 0.1) is 0 Å². The summed E-state index contributed by atoms with van der Waals surface area (Å²) in [5.41, 5.74) is 0.530. The Bertz CT molecular complexity index is 270. The van der Waals surface area contributed by atoms with Crippen molar-refractivity contribution in [2.45, 2.75) is 13.8 Å². The van der Waals surface area contributed by atoms with E-state index in [-0.39, 0.29) is 16.4 Å². The first-order valence-electron chi connectivity index (χ1n) is 3.94. The number of rotatable bonds is 1. The number of carbonyl (C=O) groups is 2. The molecule has 0 aromatic heterocycles. The molecule has 1 rings (SSSR count). The third-order valence-corrected chi connectivity index (χ3v) is 2.34. The Morgan fingerprint density at radius 1 is 1.50 bits per heavy atom. The van der Waals surface area contributed by atoms with Crippen LogP contribution in [0.3, 0.4) is 0 Å². The summed E-state index contributed by atoms with van der Waals surface area (Å²) >= 11 is 0. The third kappa shape index (κ3) is 0.956. The van der Waals surface area contributed by atoms with Crippen LogP contribution in [0.25, 0.3) is 0 Å². The van der Waals surface area contributed by atoms with Crippen molar-refractivity contribution in [3.8, 4) is 0 Å². The molecule has 4 heteroatoms. The number of hydrogen-bond acceptors (Lipinski definition) is 2. The predicted octanol–water partition coefficient (Wildman–Crippen LogP) is 0.607. The maximum atomic E-state index is 11.3. The lowest BCUT2D eigenvalue weighted by Gasteiger charge is -2.21. The number of nitrogens with zero attached hydrogens (tertiary/aromatic N) is 1. The molecule has 4 nitrogen and oxygen atoms in total. The summed E-state index contributed by atoms with van der Waals surface area (Å²) in [4.78, 5) is 22.5. The monoisotopic (exact) mass is 169 g/mol. The Hall–Kier alpha value is -1.16. The number of allylic oxidation sites excluding steroid dienone is 1. The highest BCUT2D eigenvalue weighted by Crippen LogP contribution is 2.20. The van der Waals surface area contributed by atoms with Gasteiger partial charge in [-0.25, -0.2) is 14.6 Å². The largest absolute Gasteiger partial charge is 0.428 e. The Balaban J connectivity index is 3.15. The van der Waals surface area contributed by atoms with E-state index in [1.54, 1.807) is 20.0 Å². The van der Waals surface area contributed by atoms with E-state index in [1.165, 1.54) is 0 Å². The fourth-order valence-electron chi connectivity index (χ4n) is 1.35. The van der Waals surface area contributed by atoms with E-state index < -0.39 is 0 Å². The molecule has 0 aromatic carbocycles. The smallest absolute Gasteiger partial charge is 0.262 e. The standard InChI is InChI=1S/C8H12N2O2/c1-4-6-7(11)9-8(12)10(6,3)5-2/h4H,5H2,1-3H3/p+1. The van der Waals surface area contributed by atoms with Gasteiger partial charge < -0.3 is 0 Å². The van der Waals surface area contributed by atoms with Gasteiger partial charge in [0.25, 0.3) is 0 Å². The number of amides is 3. The molecule has 1 aliphatic rings. The van der Waals surface area contributed by atoms with Crippen LogP contribution in [0.1, 0.15) is 13.8 Å². The molecule has 1 saturated heterocycles. The minimum Gasteiger partial charge on any atom is -0.262 e. The van der Waals surface area contributed by atoms with E-state index in [4.69, 9.17) is 0 Å². The fourth-order valence-corrected chi connectivity index (χ4v) is 1.35. The lowest BCUT2D eigenvalue weighted by atomic mass is 10.3. The van der Waals surface area contributed by atoms with Gasteiger partial charge in [0.05, 0.1) is 13.6 Å². The molecule has 1 N–H and O–H groups in total. The molecule has 0 saturated carbocycles. The zero-order valence-corrected chi connectivity index (χ0v) is 7.55. The van der Waals surface area contributed by atoms with E-state index >= 15 is 0 Å². The van der Waals surface area contributed by atoms with Gasteiger partial charge in [-0.1, -0.05) is 0 Å². The van der Waals surface area contributed by atoms with Crippen molar-refractivity contribution in [2.75, 3.05) is 13.6 Å². The molecule has 12 heavy (non-hydrogen) atoms. The fraction of sp³-hybridized carbons (Fsp3) is 0.500. The highest BCUT2D eigenvalue weighted by molar-refractivity contribution is 6.06. The first-order valence-corrected chi connectivity index (χ1v) is 3.94. The van der Waals surface area contributed by atoms with Crippen LogP contribution in [-0.2, 0) is 4.79 Å². The molecule has 1 heterocycles. The second-order valence-corrected chi connectivity index (χ2v) is 2.94. The second kappa shape index (κ2) is 2.71. The van der Waals surface area contributed by atoms with Crippen LogP contribution in [0.4, 0.5) is 4.79 Å². The van der Waals surface area contributed by atoms with E-state index in [1.807, 2.05) is 6.92 Å². The predicted molar refractivity (Wildman–Crippen MR) is 44.0 cm³/mol. The molecule has 1 atom stereocenters. The third-order valence-electron chi connectivity index (χ3n) is 2.34. The second-order valence-electron chi connectivity index (χ2n) is 2.94. The van der Waals surface area contributed by atoms with E-state index in [2.05, 4.69) is 5.32 Å². The molecule has 0 aromatic rings. The average Bonchev–Trinajstić information content (AvgIpc) is 2.24. The summed E-state index contributed by atoms with van der Waals surface area (Å²) in [5, 5.41) is 2.29. The Labute approximate surface area is 71.4 Å². The number of imide groups is 1. The van der Waals surface area contributed by atoms with Gasteiger partial charge in [-0.15, -0.1) is 0 Å². The van der Waals surface area contributed by atoms with Crippen LogP contribution in [0.5, 0.6) is 0 Å². The molecule has 1 fully saturated rings. The molecular weight excluding hydrogens is 156 g/mol. The van der Waals surface area contributed by atoms with Crippen molar-refractivity contribution in [1.82, 2.24) is 5.32 Å². The number of quaternary nitrogens is 1. The molecule has 0 spiro atoms. The van der Waals surface area contributed by atoms with E-state index in [0.717, 1.165) is 0 Å². The van der Waals surface area contributed by atoms with Crippen molar-refractivity contribution in [2.24, 2.45) is 0 Å². The first-order chi connectivity index (χ1) is 5.56. The molecule has 0 bridgehead atoms. The summed E-state index contributed by atoms with van der Waals surface area (Å²) in [6.07, 6.45) is 1.68. The number of urea groups is 1. The normalized spacial score (nSPS) is 32.8. The van der Waals surface area contributed by atoms with Gasteiger partial charge in [-0.2, -0.15) is 0 Å². The molecule has 1 unspecified atom stereocenters. The maximum absolute atomic E-state index is 11.3.